The Morgan fingerprint density at radius 3 is 2.13 bits per heavy atom. The Hall–Kier alpha value is -1.79. The maximum atomic E-state index is 10.9. The number of aliphatic carboxylic acids is 1. The number of carboxylic acid groups (broad SMARTS) is 1. The molecule has 0 fully saturated rings. The monoisotopic (exact) mass is 218 g/mol. The number of carboxylic acids is 1. The zero-order chi connectivity index (χ0) is 11.7. The van der Waals surface area contributed by atoms with Crippen molar-refractivity contribution in [2.75, 3.05) is 20.2 Å². The maximum absolute atomic E-state index is 10.9. The fourth-order valence-corrected chi connectivity index (χ4v) is 0.726. The number of carbonyl (C=O) groups is 3. The second kappa shape index (κ2) is 7.60. The van der Waals surface area contributed by atoms with E-state index >= 15 is 0 Å². The van der Waals surface area contributed by atoms with Crippen molar-refractivity contribution in [1.82, 2.24) is 10.6 Å². The summed E-state index contributed by atoms with van der Waals surface area (Å²) in [6.07, 6.45) is -0.0483. The molecular weight excluding hydrogens is 204 g/mol. The lowest BCUT2D eigenvalue weighted by molar-refractivity contribution is -0.140. The van der Waals surface area contributed by atoms with Crippen molar-refractivity contribution in [1.29, 1.82) is 0 Å². The van der Waals surface area contributed by atoms with Gasteiger partial charge in [-0.05, 0) is 0 Å². The fraction of sp³-hybridized carbons (Fsp3) is 0.625. The number of hydrogen-bond donors (Lipinski definition) is 3. The Morgan fingerprint density at radius 2 is 1.67 bits per heavy atom. The second-order valence-electron chi connectivity index (χ2n) is 2.65. The van der Waals surface area contributed by atoms with Gasteiger partial charge in [-0.3, -0.25) is 9.59 Å². The van der Waals surface area contributed by atoms with E-state index in [-0.39, 0.29) is 25.9 Å². The van der Waals surface area contributed by atoms with E-state index in [2.05, 4.69) is 15.4 Å². The molecule has 0 saturated carbocycles. The van der Waals surface area contributed by atoms with Gasteiger partial charge in [-0.1, -0.05) is 0 Å². The fourth-order valence-electron chi connectivity index (χ4n) is 0.726. The summed E-state index contributed by atoms with van der Waals surface area (Å²) in [6, 6.07) is -0.500. The molecular formula is C8H14N2O5. The van der Waals surface area contributed by atoms with Crippen LogP contribution in [0.5, 0.6) is 0 Å². The van der Waals surface area contributed by atoms with Gasteiger partial charge in [-0.15, -0.1) is 0 Å². The molecule has 0 saturated heterocycles. The number of carbonyl (C=O) groups excluding carboxylic acids is 2. The molecule has 2 amide bonds. The van der Waals surface area contributed by atoms with E-state index in [1.165, 1.54) is 7.11 Å². The lowest BCUT2D eigenvalue weighted by Gasteiger charge is -2.05. The Morgan fingerprint density at radius 1 is 1.13 bits per heavy atom. The zero-order valence-corrected chi connectivity index (χ0v) is 8.41. The molecule has 0 aliphatic carbocycles. The maximum Gasteiger partial charge on any atom is 0.314 e. The molecule has 0 spiro atoms. The van der Waals surface area contributed by atoms with E-state index in [9.17, 15) is 14.4 Å². The highest BCUT2D eigenvalue weighted by Gasteiger charge is 2.03. The summed E-state index contributed by atoms with van der Waals surface area (Å²) in [4.78, 5) is 31.6. The Kier molecular flexibility index (Phi) is 6.69. The number of amides is 2. The van der Waals surface area contributed by atoms with Crippen molar-refractivity contribution in [2.24, 2.45) is 0 Å². The van der Waals surface area contributed by atoms with Crippen molar-refractivity contribution < 1.29 is 24.2 Å². The first-order valence-corrected chi connectivity index (χ1v) is 4.36. The first-order chi connectivity index (χ1) is 7.06. The third-order valence-corrected chi connectivity index (χ3v) is 1.47. The number of urea groups is 1. The second-order valence-corrected chi connectivity index (χ2v) is 2.65. The largest absolute Gasteiger partial charge is 0.481 e. The van der Waals surface area contributed by atoms with Crippen LogP contribution in [0.4, 0.5) is 4.79 Å². The van der Waals surface area contributed by atoms with Crippen LogP contribution in [0.1, 0.15) is 12.8 Å². The van der Waals surface area contributed by atoms with E-state index < -0.39 is 18.0 Å². The Balaban J connectivity index is 3.41. The van der Waals surface area contributed by atoms with Crippen LogP contribution in [0.15, 0.2) is 0 Å². The lowest BCUT2D eigenvalue weighted by Crippen LogP contribution is -2.37. The van der Waals surface area contributed by atoms with Gasteiger partial charge >= 0.3 is 18.0 Å². The van der Waals surface area contributed by atoms with Gasteiger partial charge in [-0.25, -0.2) is 4.79 Å². The molecule has 0 rings (SSSR count). The Labute approximate surface area is 86.8 Å². The van der Waals surface area contributed by atoms with Crippen LogP contribution in [0.2, 0.25) is 0 Å². The first-order valence-electron chi connectivity index (χ1n) is 4.36. The molecule has 7 nitrogen and oxygen atoms in total. The van der Waals surface area contributed by atoms with E-state index in [1.807, 2.05) is 0 Å². The number of methoxy groups -OCH3 is 1. The van der Waals surface area contributed by atoms with E-state index in [1.54, 1.807) is 0 Å². The van der Waals surface area contributed by atoms with Gasteiger partial charge in [0.25, 0.3) is 0 Å². The molecule has 0 atom stereocenters. The van der Waals surface area contributed by atoms with Crippen LogP contribution in [-0.4, -0.2) is 43.3 Å². The molecule has 7 heteroatoms. The number of nitrogens with one attached hydrogen (secondary N) is 2. The van der Waals surface area contributed by atoms with Crippen LogP contribution in [0.3, 0.4) is 0 Å². The van der Waals surface area contributed by atoms with Gasteiger partial charge in [0, 0.05) is 13.1 Å². The van der Waals surface area contributed by atoms with Crippen LogP contribution in [0, 0.1) is 0 Å². The number of hydrogen-bond acceptors (Lipinski definition) is 4. The summed E-state index contributed by atoms with van der Waals surface area (Å²) in [5.41, 5.74) is 0. The lowest BCUT2D eigenvalue weighted by atomic mass is 10.4. The smallest absolute Gasteiger partial charge is 0.314 e. The van der Waals surface area contributed by atoms with E-state index in [0.29, 0.717) is 0 Å². The summed E-state index contributed by atoms with van der Waals surface area (Å²) in [5, 5.41) is 13.0. The predicted octanol–water partition coefficient (Wildman–Crippen LogP) is -0.677. The minimum atomic E-state index is -0.982. The molecule has 0 bridgehead atoms. The number of rotatable bonds is 6. The summed E-state index contributed by atoms with van der Waals surface area (Å²) in [6.45, 7) is 0.213. The first kappa shape index (κ1) is 13.2. The molecule has 15 heavy (non-hydrogen) atoms. The molecule has 0 radical (unpaired) electrons. The van der Waals surface area contributed by atoms with Crippen LogP contribution >= 0.6 is 0 Å². The van der Waals surface area contributed by atoms with Crippen molar-refractivity contribution in [3.63, 3.8) is 0 Å². The van der Waals surface area contributed by atoms with Gasteiger partial charge in [0.2, 0.25) is 0 Å². The summed E-state index contributed by atoms with van der Waals surface area (Å²) < 4.78 is 4.36. The molecule has 3 N–H and O–H groups in total. The standard InChI is InChI=1S/C8H14N2O5/c1-15-7(13)3-5-10-8(14)9-4-2-6(11)12/h2-5H2,1H3,(H,11,12)(H2,9,10,14). The average Bonchev–Trinajstić information content (AvgIpc) is 2.17. The van der Waals surface area contributed by atoms with Crippen LogP contribution in [0.25, 0.3) is 0 Å². The van der Waals surface area contributed by atoms with Crippen molar-refractivity contribution in [3.05, 3.63) is 0 Å². The molecule has 0 unspecified atom stereocenters. The highest BCUT2D eigenvalue weighted by atomic mass is 16.5. The molecule has 0 aromatic rings. The van der Waals surface area contributed by atoms with Gasteiger partial charge in [0.05, 0.1) is 20.0 Å². The third-order valence-electron chi connectivity index (χ3n) is 1.47. The predicted molar refractivity (Wildman–Crippen MR) is 50.3 cm³/mol. The van der Waals surface area contributed by atoms with Gasteiger partial charge in [0.15, 0.2) is 0 Å². The van der Waals surface area contributed by atoms with Gasteiger partial charge < -0.3 is 20.5 Å². The van der Waals surface area contributed by atoms with Crippen molar-refractivity contribution in [3.8, 4) is 0 Å². The van der Waals surface area contributed by atoms with E-state index in [4.69, 9.17) is 5.11 Å². The van der Waals surface area contributed by atoms with Crippen molar-refractivity contribution in [2.45, 2.75) is 12.8 Å². The normalized spacial score (nSPS) is 9.13. The van der Waals surface area contributed by atoms with Crippen LogP contribution in [-0.2, 0) is 14.3 Å². The topological polar surface area (TPSA) is 105 Å². The molecule has 0 aliphatic heterocycles. The van der Waals surface area contributed by atoms with Crippen LogP contribution < -0.4 is 10.6 Å². The third kappa shape index (κ3) is 8.54. The highest BCUT2D eigenvalue weighted by molar-refractivity contribution is 5.76. The minimum absolute atomic E-state index is 0.0550. The average molecular weight is 218 g/mol. The molecule has 86 valence electrons. The molecule has 0 aromatic carbocycles. The summed E-state index contributed by atoms with van der Waals surface area (Å²) in [7, 11) is 1.26. The zero-order valence-electron chi connectivity index (χ0n) is 8.41. The SMILES string of the molecule is COC(=O)CCNC(=O)NCCC(=O)O. The number of ether oxygens (including phenoxy) is 1. The quantitative estimate of drug-likeness (QED) is 0.512. The van der Waals surface area contributed by atoms with E-state index in [0.717, 1.165) is 0 Å². The summed E-state index contributed by atoms with van der Waals surface area (Å²) in [5.74, 6) is -1.40. The molecule has 0 heterocycles. The summed E-state index contributed by atoms with van der Waals surface area (Å²) >= 11 is 0. The van der Waals surface area contributed by atoms with Gasteiger partial charge in [-0.2, -0.15) is 0 Å². The highest BCUT2D eigenvalue weighted by Crippen LogP contribution is 1.81. The Bertz CT molecular complexity index is 241. The minimum Gasteiger partial charge on any atom is -0.481 e. The molecule has 0 aromatic heterocycles. The number of esters is 1. The molecule has 0 aliphatic rings. The van der Waals surface area contributed by atoms with Crippen molar-refractivity contribution >= 4 is 18.0 Å². The van der Waals surface area contributed by atoms with Gasteiger partial charge in [0.1, 0.15) is 0 Å².